The smallest absolute Gasteiger partial charge is 0.0667 e. The van der Waals surface area contributed by atoms with Gasteiger partial charge >= 0.3 is 0 Å². The van der Waals surface area contributed by atoms with Crippen LogP contribution in [0.25, 0.3) is 0 Å². The normalized spacial score (nSPS) is 14.1. The van der Waals surface area contributed by atoms with Crippen LogP contribution < -0.4 is 5.32 Å². The van der Waals surface area contributed by atoms with Crippen LogP contribution in [0, 0.1) is 0 Å². The quantitative estimate of drug-likeness (QED) is 0.855. The van der Waals surface area contributed by atoms with Crippen molar-refractivity contribution in [2.45, 2.75) is 45.8 Å². The van der Waals surface area contributed by atoms with E-state index in [-0.39, 0.29) is 11.5 Å². The average Bonchev–Trinajstić information content (AvgIpc) is 2.65. The van der Waals surface area contributed by atoms with Crippen LogP contribution >= 0.6 is 11.3 Å². The number of hydrogen-bond acceptors (Lipinski definition) is 3. The van der Waals surface area contributed by atoms with E-state index in [9.17, 15) is 0 Å². The Bertz CT molecular complexity index is 314. The summed E-state index contributed by atoms with van der Waals surface area (Å²) in [7, 11) is 1.75. The first-order chi connectivity index (χ1) is 7.43. The molecule has 1 unspecified atom stereocenters. The molecule has 1 N–H and O–H groups in total. The molecule has 92 valence electrons. The Morgan fingerprint density at radius 1 is 1.38 bits per heavy atom. The number of rotatable bonds is 5. The lowest BCUT2D eigenvalue weighted by molar-refractivity contribution is 0.117. The molecule has 0 radical (unpaired) electrons. The molecule has 1 atom stereocenters. The third-order valence-electron chi connectivity index (χ3n) is 2.53. The zero-order valence-corrected chi connectivity index (χ0v) is 11.8. The number of methoxy groups -OCH3 is 1. The maximum atomic E-state index is 5.19. The Morgan fingerprint density at radius 2 is 2.06 bits per heavy atom. The van der Waals surface area contributed by atoms with Gasteiger partial charge in [0.2, 0.25) is 0 Å². The number of nitrogens with one attached hydrogen (secondary N) is 1. The Balaban J connectivity index is 2.41. The fraction of sp³-hybridized carbons (Fsp3) is 0.692. The van der Waals surface area contributed by atoms with Crippen LogP contribution in [0.5, 0.6) is 0 Å². The molecule has 0 aliphatic rings. The lowest BCUT2D eigenvalue weighted by Gasteiger charge is -2.15. The molecule has 0 aromatic carbocycles. The second-order valence-corrected chi connectivity index (χ2v) is 6.36. The first-order valence-corrected chi connectivity index (χ1v) is 6.58. The summed E-state index contributed by atoms with van der Waals surface area (Å²) in [4.78, 5) is 2.84. The summed E-state index contributed by atoms with van der Waals surface area (Å²) in [5, 5.41) is 3.40. The van der Waals surface area contributed by atoms with Crippen molar-refractivity contribution in [3.05, 3.63) is 21.9 Å². The predicted octanol–water partition coefficient (Wildman–Crippen LogP) is 3.17. The van der Waals surface area contributed by atoms with Gasteiger partial charge in [0, 0.05) is 30.0 Å². The van der Waals surface area contributed by atoms with Crippen molar-refractivity contribution < 1.29 is 4.74 Å². The minimum Gasteiger partial charge on any atom is -0.380 e. The third-order valence-corrected chi connectivity index (χ3v) is 4.05. The summed E-state index contributed by atoms with van der Waals surface area (Å²) in [5.41, 5.74) is 0.267. The SMILES string of the molecule is COC(C)CNCc1ccc(C(C)(C)C)s1. The monoisotopic (exact) mass is 241 g/mol. The molecule has 3 heteroatoms. The first kappa shape index (κ1) is 13.7. The van der Waals surface area contributed by atoms with Gasteiger partial charge < -0.3 is 10.1 Å². The average molecular weight is 241 g/mol. The van der Waals surface area contributed by atoms with Gasteiger partial charge in [-0.1, -0.05) is 20.8 Å². The van der Waals surface area contributed by atoms with Crippen molar-refractivity contribution in [1.29, 1.82) is 0 Å². The van der Waals surface area contributed by atoms with Gasteiger partial charge in [0.15, 0.2) is 0 Å². The molecule has 1 heterocycles. The molecule has 1 aromatic rings. The Morgan fingerprint density at radius 3 is 2.56 bits per heavy atom. The van der Waals surface area contributed by atoms with Crippen molar-refractivity contribution in [2.24, 2.45) is 0 Å². The molecule has 0 spiro atoms. The maximum Gasteiger partial charge on any atom is 0.0667 e. The van der Waals surface area contributed by atoms with Crippen molar-refractivity contribution in [3.63, 3.8) is 0 Å². The molecule has 0 aliphatic heterocycles. The third kappa shape index (κ3) is 4.24. The van der Waals surface area contributed by atoms with Crippen LogP contribution in [0.3, 0.4) is 0 Å². The summed E-state index contributed by atoms with van der Waals surface area (Å²) in [6, 6.07) is 4.46. The Kier molecular flexibility index (Phi) is 4.96. The number of hydrogen-bond donors (Lipinski definition) is 1. The van der Waals surface area contributed by atoms with Crippen molar-refractivity contribution in [1.82, 2.24) is 5.32 Å². The van der Waals surface area contributed by atoms with Crippen LogP contribution in [0.4, 0.5) is 0 Å². The predicted molar refractivity (Wildman–Crippen MR) is 71.2 cm³/mol. The zero-order chi connectivity index (χ0) is 12.2. The van der Waals surface area contributed by atoms with Gasteiger partial charge in [-0.05, 0) is 24.5 Å². The van der Waals surface area contributed by atoms with Crippen LogP contribution in [-0.4, -0.2) is 19.8 Å². The van der Waals surface area contributed by atoms with Crippen LogP contribution in [-0.2, 0) is 16.7 Å². The van der Waals surface area contributed by atoms with Gasteiger partial charge in [0.05, 0.1) is 6.10 Å². The van der Waals surface area contributed by atoms with Crippen molar-refractivity contribution in [3.8, 4) is 0 Å². The van der Waals surface area contributed by atoms with Gasteiger partial charge in [-0.15, -0.1) is 11.3 Å². The van der Waals surface area contributed by atoms with Gasteiger partial charge in [-0.25, -0.2) is 0 Å². The minimum absolute atomic E-state index is 0.267. The van der Waals surface area contributed by atoms with E-state index in [4.69, 9.17) is 4.74 Å². The lowest BCUT2D eigenvalue weighted by atomic mass is 9.95. The summed E-state index contributed by atoms with van der Waals surface area (Å²) >= 11 is 1.90. The molecular formula is C13H23NOS. The van der Waals surface area contributed by atoms with Gasteiger partial charge in [0.25, 0.3) is 0 Å². The van der Waals surface area contributed by atoms with Gasteiger partial charge in [0.1, 0.15) is 0 Å². The zero-order valence-electron chi connectivity index (χ0n) is 11.0. The summed E-state index contributed by atoms with van der Waals surface area (Å²) in [5.74, 6) is 0. The van der Waals surface area contributed by atoms with E-state index < -0.39 is 0 Å². The highest BCUT2D eigenvalue weighted by atomic mass is 32.1. The first-order valence-electron chi connectivity index (χ1n) is 5.76. The minimum atomic E-state index is 0.267. The Labute approximate surface area is 103 Å². The molecular weight excluding hydrogens is 218 g/mol. The van der Waals surface area contributed by atoms with Crippen molar-refractivity contribution >= 4 is 11.3 Å². The Hall–Kier alpha value is -0.380. The number of ether oxygens (including phenoxy) is 1. The molecule has 0 saturated heterocycles. The van der Waals surface area contributed by atoms with E-state index in [1.54, 1.807) is 7.11 Å². The second-order valence-electron chi connectivity index (χ2n) is 5.19. The highest BCUT2D eigenvalue weighted by Gasteiger charge is 2.15. The molecule has 0 bridgehead atoms. The van der Waals surface area contributed by atoms with Crippen LogP contribution in [0.15, 0.2) is 12.1 Å². The largest absolute Gasteiger partial charge is 0.380 e. The standard InChI is InChI=1S/C13H23NOS/c1-10(15-5)8-14-9-11-6-7-12(16-11)13(2,3)4/h6-7,10,14H,8-9H2,1-5H3. The van der Waals surface area contributed by atoms with E-state index in [1.165, 1.54) is 9.75 Å². The topological polar surface area (TPSA) is 21.3 Å². The summed E-state index contributed by atoms with van der Waals surface area (Å²) in [6.07, 6.45) is 0.280. The van der Waals surface area contributed by atoms with Gasteiger partial charge in [-0.3, -0.25) is 0 Å². The molecule has 1 aromatic heterocycles. The van der Waals surface area contributed by atoms with Crippen LogP contribution in [0.2, 0.25) is 0 Å². The van der Waals surface area contributed by atoms with E-state index in [1.807, 2.05) is 11.3 Å². The molecule has 16 heavy (non-hydrogen) atoms. The highest BCUT2D eigenvalue weighted by molar-refractivity contribution is 7.12. The van der Waals surface area contributed by atoms with Crippen molar-refractivity contribution in [2.75, 3.05) is 13.7 Å². The van der Waals surface area contributed by atoms with E-state index in [0.717, 1.165) is 13.1 Å². The molecule has 0 aliphatic carbocycles. The molecule has 0 amide bonds. The lowest BCUT2D eigenvalue weighted by Crippen LogP contribution is -2.25. The highest BCUT2D eigenvalue weighted by Crippen LogP contribution is 2.29. The molecule has 0 fully saturated rings. The van der Waals surface area contributed by atoms with E-state index in [0.29, 0.717) is 0 Å². The second kappa shape index (κ2) is 5.80. The van der Waals surface area contributed by atoms with Gasteiger partial charge in [-0.2, -0.15) is 0 Å². The fourth-order valence-electron chi connectivity index (χ4n) is 1.36. The van der Waals surface area contributed by atoms with E-state index in [2.05, 4.69) is 45.1 Å². The molecule has 0 saturated carbocycles. The summed E-state index contributed by atoms with van der Waals surface area (Å²) in [6.45, 7) is 10.7. The number of thiophene rings is 1. The molecule has 1 rings (SSSR count). The maximum absolute atomic E-state index is 5.19. The van der Waals surface area contributed by atoms with E-state index >= 15 is 0 Å². The fourth-order valence-corrected chi connectivity index (χ4v) is 2.39. The van der Waals surface area contributed by atoms with Crippen LogP contribution in [0.1, 0.15) is 37.4 Å². The molecule has 2 nitrogen and oxygen atoms in total. The summed E-state index contributed by atoms with van der Waals surface area (Å²) < 4.78 is 5.19.